The van der Waals surface area contributed by atoms with Crippen LogP contribution in [0.2, 0.25) is 0 Å². The second-order valence-electron chi connectivity index (χ2n) is 4.61. The summed E-state index contributed by atoms with van der Waals surface area (Å²) in [4.78, 5) is 13.4. The number of nitrogens with zero attached hydrogens (tertiary/aromatic N) is 1. The molecule has 1 saturated heterocycles. The van der Waals surface area contributed by atoms with Gasteiger partial charge >= 0.3 is 0 Å². The molecular formula is C12H21NO. The van der Waals surface area contributed by atoms with Gasteiger partial charge in [-0.05, 0) is 37.7 Å². The average Bonchev–Trinajstić information content (AvgIpc) is 2.16. The van der Waals surface area contributed by atoms with Gasteiger partial charge in [-0.1, -0.05) is 20.4 Å². The molecule has 1 aliphatic rings. The van der Waals surface area contributed by atoms with Gasteiger partial charge in [0.25, 0.3) is 0 Å². The van der Waals surface area contributed by atoms with Crippen molar-refractivity contribution in [2.24, 2.45) is 11.8 Å². The van der Waals surface area contributed by atoms with E-state index < -0.39 is 0 Å². The summed E-state index contributed by atoms with van der Waals surface area (Å²) >= 11 is 0. The fraction of sp³-hybridized carbons (Fsp3) is 0.750. The van der Waals surface area contributed by atoms with Crippen LogP contribution in [0, 0.1) is 11.8 Å². The molecule has 0 aromatic heterocycles. The van der Waals surface area contributed by atoms with E-state index in [2.05, 4.69) is 27.4 Å². The van der Waals surface area contributed by atoms with Gasteiger partial charge in [-0.25, -0.2) is 0 Å². The molecule has 2 heteroatoms. The van der Waals surface area contributed by atoms with E-state index in [0.717, 1.165) is 31.2 Å². The first-order chi connectivity index (χ1) is 6.56. The molecule has 1 aliphatic heterocycles. The Bertz CT molecular complexity index is 222. The highest BCUT2D eigenvalue weighted by Crippen LogP contribution is 2.28. The van der Waals surface area contributed by atoms with Gasteiger partial charge in [0, 0.05) is 12.6 Å². The second-order valence-corrected chi connectivity index (χ2v) is 4.61. The highest BCUT2D eigenvalue weighted by Gasteiger charge is 2.28. The van der Waals surface area contributed by atoms with Crippen LogP contribution < -0.4 is 0 Å². The van der Waals surface area contributed by atoms with Crippen LogP contribution in [0.5, 0.6) is 0 Å². The first kappa shape index (κ1) is 11.3. The van der Waals surface area contributed by atoms with Crippen molar-refractivity contribution in [2.75, 3.05) is 6.54 Å². The summed E-state index contributed by atoms with van der Waals surface area (Å²) in [6.45, 7) is 11.1. The quantitative estimate of drug-likeness (QED) is 0.620. The van der Waals surface area contributed by atoms with Crippen LogP contribution in [0.15, 0.2) is 12.7 Å². The van der Waals surface area contributed by atoms with Gasteiger partial charge in [-0.15, -0.1) is 0 Å². The van der Waals surface area contributed by atoms with Gasteiger partial charge in [0.2, 0.25) is 5.91 Å². The van der Waals surface area contributed by atoms with Crippen LogP contribution >= 0.6 is 0 Å². The van der Waals surface area contributed by atoms with Crippen LogP contribution in [-0.2, 0) is 4.79 Å². The maximum atomic E-state index is 11.5. The van der Waals surface area contributed by atoms with Crippen LogP contribution in [0.25, 0.3) is 0 Å². The predicted molar refractivity (Wildman–Crippen MR) is 58.9 cm³/mol. The Morgan fingerprint density at radius 3 is 2.64 bits per heavy atom. The van der Waals surface area contributed by atoms with Gasteiger partial charge in [-0.3, -0.25) is 4.79 Å². The molecule has 2 nitrogen and oxygen atoms in total. The maximum Gasteiger partial charge on any atom is 0.246 e. The normalized spacial score (nSPS) is 27.9. The zero-order valence-electron chi connectivity index (χ0n) is 9.49. The van der Waals surface area contributed by atoms with Crippen molar-refractivity contribution in [1.82, 2.24) is 4.90 Å². The number of likely N-dealkylation sites (tertiary alicyclic amines) is 1. The molecule has 0 aromatic rings. The van der Waals surface area contributed by atoms with Gasteiger partial charge in [0.15, 0.2) is 0 Å². The number of amides is 1. The zero-order valence-corrected chi connectivity index (χ0v) is 9.49. The van der Waals surface area contributed by atoms with Crippen LogP contribution in [-0.4, -0.2) is 23.4 Å². The fourth-order valence-electron chi connectivity index (χ4n) is 2.26. The lowest BCUT2D eigenvalue weighted by atomic mass is 9.83. The smallest absolute Gasteiger partial charge is 0.246 e. The molecule has 0 bridgehead atoms. The second kappa shape index (κ2) is 4.63. The van der Waals surface area contributed by atoms with Crippen LogP contribution in [0.3, 0.4) is 0 Å². The Morgan fingerprint density at radius 2 is 2.21 bits per heavy atom. The van der Waals surface area contributed by atoms with Crippen molar-refractivity contribution in [2.45, 2.75) is 39.7 Å². The molecule has 0 saturated carbocycles. The monoisotopic (exact) mass is 195 g/mol. The molecule has 1 heterocycles. The molecular weight excluding hydrogens is 174 g/mol. The Hall–Kier alpha value is -0.790. The number of piperidine rings is 1. The SMILES string of the molecule is C=CC(=O)N1CCC(C(C)C)CC1C. The molecule has 0 spiro atoms. The van der Waals surface area contributed by atoms with Crippen molar-refractivity contribution in [3.63, 3.8) is 0 Å². The molecule has 0 N–H and O–H groups in total. The summed E-state index contributed by atoms with van der Waals surface area (Å²) in [6.07, 6.45) is 3.70. The fourth-order valence-corrected chi connectivity index (χ4v) is 2.26. The molecule has 1 amide bonds. The Kier molecular flexibility index (Phi) is 3.73. The third-order valence-corrected chi connectivity index (χ3v) is 3.32. The predicted octanol–water partition coefficient (Wildman–Crippen LogP) is 2.46. The average molecular weight is 195 g/mol. The van der Waals surface area contributed by atoms with Gasteiger partial charge in [0.05, 0.1) is 0 Å². The van der Waals surface area contributed by atoms with Crippen molar-refractivity contribution in [1.29, 1.82) is 0 Å². The maximum absolute atomic E-state index is 11.5. The van der Waals surface area contributed by atoms with Crippen LogP contribution in [0.4, 0.5) is 0 Å². The third kappa shape index (κ3) is 2.37. The molecule has 2 atom stereocenters. The minimum atomic E-state index is 0.0831. The van der Waals surface area contributed by atoms with E-state index in [1.165, 1.54) is 6.08 Å². The van der Waals surface area contributed by atoms with Gasteiger partial charge < -0.3 is 4.90 Å². The molecule has 0 aliphatic carbocycles. The van der Waals surface area contributed by atoms with E-state index in [1.807, 2.05) is 4.90 Å². The summed E-state index contributed by atoms with van der Waals surface area (Å²) in [6, 6.07) is 0.377. The summed E-state index contributed by atoms with van der Waals surface area (Å²) in [5.74, 6) is 1.59. The summed E-state index contributed by atoms with van der Waals surface area (Å²) in [5, 5.41) is 0. The largest absolute Gasteiger partial charge is 0.336 e. The highest BCUT2D eigenvalue weighted by atomic mass is 16.2. The lowest BCUT2D eigenvalue weighted by molar-refractivity contribution is -0.130. The Morgan fingerprint density at radius 1 is 1.57 bits per heavy atom. The minimum Gasteiger partial charge on any atom is -0.336 e. The van der Waals surface area contributed by atoms with Gasteiger partial charge in [-0.2, -0.15) is 0 Å². The van der Waals surface area contributed by atoms with Crippen molar-refractivity contribution < 1.29 is 4.79 Å². The number of hydrogen-bond acceptors (Lipinski definition) is 1. The van der Waals surface area contributed by atoms with E-state index in [0.29, 0.717) is 6.04 Å². The van der Waals surface area contributed by atoms with E-state index in [4.69, 9.17) is 0 Å². The highest BCUT2D eigenvalue weighted by molar-refractivity contribution is 5.87. The molecule has 0 aromatic carbocycles. The van der Waals surface area contributed by atoms with Crippen molar-refractivity contribution >= 4 is 5.91 Å². The Labute approximate surface area is 87.0 Å². The number of carbonyl (C=O) groups is 1. The molecule has 14 heavy (non-hydrogen) atoms. The van der Waals surface area contributed by atoms with Crippen molar-refractivity contribution in [3.05, 3.63) is 12.7 Å². The topological polar surface area (TPSA) is 20.3 Å². The number of hydrogen-bond donors (Lipinski definition) is 0. The lowest BCUT2D eigenvalue weighted by Gasteiger charge is -2.38. The van der Waals surface area contributed by atoms with E-state index in [1.54, 1.807) is 0 Å². The molecule has 2 unspecified atom stereocenters. The van der Waals surface area contributed by atoms with Gasteiger partial charge in [0.1, 0.15) is 0 Å². The van der Waals surface area contributed by atoms with E-state index >= 15 is 0 Å². The zero-order chi connectivity index (χ0) is 10.7. The summed E-state index contributed by atoms with van der Waals surface area (Å²) < 4.78 is 0. The van der Waals surface area contributed by atoms with E-state index in [-0.39, 0.29) is 5.91 Å². The standard InChI is InChI=1S/C12H21NO/c1-5-12(14)13-7-6-11(9(2)3)8-10(13)4/h5,9-11H,1,6-8H2,2-4H3. The molecule has 80 valence electrons. The van der Waals surface area contributed by atoms with E-state index in [9.17, 15) is 4.79 Å². The summed E-state index contributed by atoms with van der Waals surface area (Å²) in [7, 11) is 0. The third-order valence-electron chi connectivity index (χ3n) is 3.32. The first-order valence-corrected chi connectivity index (χ1v) is 5.49. The molecule has 0 radical (unpaired) electrons. The number of carbonyl (C=O) groups excluding carboxylic acids is 1. The molecule has 1 rings (SSSR count). The Balaban J connectivity index is 2.56. The lowest BCUT2D eigenvalue weighted by Crippen LogP contribution is -2.44. The van der Waals surface area contributed by atoms with Crippen molar-refractivity contribution in [3.8, 4) is 0 Å². The minimum absolute atomic E-state index is 0.0831. The summed E-state index contributed by atoms with van der Waals surface area (Å²) in [5.41, 5.74) is 0. The van der Waals surface area contributed by atoms with Crippen LogP contribution in [0.1, 0.15) is 33.6 Å². The molecule has 1 fully saturated rings. The first-order valence-electron chi connectivity index (χ1n) is 5.49. The number of rotatable bonds is 2.